The van der Waals surface area contributed by atoms with Crippen molar-refractivity contribution in [2.24, 2.45) is 0 Å². The van der Waals surface area contributed by atoms with E-state index in [-0.39, 0.29) is 24.5 Å². The second kappa shape index (κ2) is 8.05. The second-order valence-electron chi connectivity index (χ2n) is 5.39. The fourth-order valence-electron chi connectivity index (χ4n) is 2.29. The number of nitrogens with zero attached hydrogens (tertiary/aromatic N) is 1. The maximum atomic E-state index is 12.1. The van der Waals surface area contributed by atoms with E-state index in [0.29, 0.717) is 16.3 Å². The maximum absolute atomic E-state index is 12.1. The average molecular weight is 371 g/mol. The van der Waals surface area contributed by atoms with Crippen LogP contribution in [0.5, 0.6) is 0 Å². The van der Waals surface area contributed by atoms with Gasteiger partial charge in [0.05, 0.1) is 0 Å². The summed E-state index contributed by atoms with van der Waals surface area (Å²) in [6.07, 6.45) is 2.05. The molecular formula is C19H15ClN2O2S. The topological polar surface area (TPSA) is 59.1 Å². The van der Waals surface area contributed by atoms with E-state index in [9.17, 15) is 9.59 Å². The van der Waals surface area contributed by atoms with Gasteiger partial charge in [-0.25, -0.2) is 4.98 Å². The van der Waals surface area contributed by atoms with Gasteiger partial charge in [-0.15, -0.1) is 11.3 Å². The second-order valence-corrected chi connectivity index (χ2v) is 6.72. The van der Waals surface area contributed by atoms with Crippen LogP contribution in [0.25, 0.3) is 10.6 Å². The van der Waals surface area contributed by atoms with Crippen LogP contribution in [-0.2, 0) is 4.79 Å². The van der Waals surface area contributed by atoms with Crippen molar-refractivity contribution in [3.63, 3.8) is 0 Å². The Hall–Kier alpha value is -2.50. The Balaban J connectivity index is 1.52. The number of ketones is 1. The fraction of sp³-hybridized carbons (Fsp3) is 0.105. The average Bonchev–Trinajstić information content (AvgIpc) is 3.15. The first-order valence-electron chi connectivity index (χ1n) is 7.70. The highest BCUT2D eigenvalue weighted by molar-refractivity contribution is 7.13. The number of hydrogen-bond donors (Lipinski definition) is 1. The molecule has 25 heavy (non-hydrogen) atoms. The summed E-state index contributed by atoms with van der Waals surface area (Å²) in [4.78, 5) is 28.3. The molecule has 0 unspecified atom stereocenters. The maximum Gasteiger partial charge on any atom is 0.224 e. The molecule has 0 atom stereocenters. The molecular weight excluding hydrogens is 356 g/mol. The van der Waals surface area contributed by atoms with Crippen LogP contribution in [0.2, 0.25) is 5.02 Å². The highest BCUT2D eigenvalue weighted by Gasteiger charge is 2.10. The van der Waals surface area contributed by atoms with Crippen molar-refractivity contribution in [2.75, 3.05) is 5.32 Å². The molecule has 1 aromatic heterocycles. The summed E-state index contributed by atoms with van der Waals surface area (Å²) in [6.45, 7) is 0. The monoisotopic (exact) mass is 370 g/mol. The predicted molar refractivity (Wildman–Crippen MR) is 101 cm³/mol. The summed E-state index contributed by atoms with van der Waals surface area (Å²) >= 11 is 7.36. The predicted octanol–water partition coefficient (Wildman–Crippen LogP) is 5.07. The van der Waals surface area contributed by atoms with Crippen molar-refractivity contribution >= 4 is 40.3 Å². The molecule has 0 aliphatic carbocycles. The number of benzene rings is 2. The molecule has 1 N–H and O–H groups in total. The third-order valence-electron chi connectivity index (χ3n) is 3.59. The lowest BCUT2D eigenvalue weighted by molar-refractivity contribution is -0.116. The summed E-state index contributed by atoms with van der Waals surface area (Å²) < 4.78 is 0. The van der Waals surface area contributed by atoms with E-state index in [1.165, 1.54) is 0 Å². The van der Waals surface area contributed by atoms with E-state index < -0.39 is 0 Å². The fourth-order valence-corrected chi connectivity index (χ4v) is 3.06. The van der Waals surface area contributed by atoms with Gasteiger partial charge in [0.15, 0.2) is 5.78 Å². The van der Waals surface area contributed by atoms with Crippen molar-refractivity contribution in [3.05, 3.63) is 70.7 Å². The van der Waals surface area contributed by atoms with Gasteiger partial charge in [-0.05, 0) is 48.5 Å². The number of thiazole rings is 1. The largest absolute Gasteiger partial charge is 0.326 e. The van der Waals surface area contributed by atoms with E-state index in [2.05, 4.69) is 10.3 Å². The third-order valence-corrected chi connectivity index (χ3v) is 4.67. The Labute approximate surface area is 154 Å². The number of carbonyl (C=O) groups is 2. The van der Waals surface area contributed by atoms with Gasteiger partial charge in [0, 0.05) is 46.3 Å². The molecule has 0 aliphatic heterocycles. The number of nitrogens with one attached hydrogen (secondary N) is 1. The summed E-state index contributed by atoms with van der Waals surface area (Å²) in [5, 5.41) is 6.24. The number of Topliss-reactive ketones (excluding diaryl/α,β-unsaturated/α-hetero) is 1. The molecule has 0 spiro atoms. The standard InChI is InChI=1S/C19H15ClN2O2S/c20-15-5-1-13(2-6-15)17(23)9-10-18(24)22-16-7-3-14(4-8-16)19-21-11-12-25-19/h1-8,11-12H,9-10H2,(H,22,24). The Morgan fingerprint density at radius 1 is 1.00 bits per heavy atom. The molecule has 0 radical (unpaired) electrons. The van der Waals surface area contributed by atoms with Gasteiger partial charge < -0.3 is 5.32 Å². The normalized spacial score (nSPS) is 10.4. The van der Waals surface area contributed by atoms with Crippen LogP contribution in [-0.4, -0.2) is 16.7 Å². The van der Waals surface area contributed by atoms with Gasteiger partial charge in [0.2, 0.25) is 5.91 Å². The Morgan fingerprint density at radius 3 is 2.36 bits per heavy atom. The van der Waals surface area contributed by atoms with Crippen molar-refractivity contribution in [1.29, 1.82) is 0 Å². The molecule has 6 heteroatoms. The molecule has 2 aromatic carbocycles. The minimum absolute atomic E-state index is 0.0778. The number of amides is 1. The van der Waals surface area contributed by atoms with Crippen LogP contribution >= 0.6 is 22.9 Å². The number of anilines is 1. The number of halogens is 1. The molecule has 1 heterocycles. The minimum atomic E-state index is -0.190. The molecule has 0 saturated heterocycles. The smallest absolute Gasteiger partial charge is 0.224 e. The highest BCUT2D eigenvalue weighted by Crippen LogP contribution is 2.23. The summed E-state index contributed by atoms with van der Waals surface area (Å²) in [5.41, 5.74) is 2.26. The Bertz CT molecular complexity index is 859. The van der Waals surface area contributed by atoms with E-state index in [0.717, 1.165) is 10.6 Å². The molecule has 1 amide bonds. The van der Waals surface area contributed by atoms with Crippen molar-refractivity contribution in [3.8, 4) is 10.6 Å². The van der Waals surface area contributed by atoms with Gasteiger partial charge in [0.25, 0.3) is 0 Å². The number of rotatable bonds is 6. The SMILES string of the molecule is O=C(CCC(=O)c1ccc(Cl)cc1)Nc1ccc(-c2nccs2)cc1. The third kappa shape index (κ3) is 4.75. The van der Waals surface area contributed by atoms with Crippen molar-refractivity contribution in [2.45, 2.75) is 12.8 Å². The van der Waals surface area contributed by atoms with Crippen LogP contribution in [0.15, 0.2) is 60.1 Å². The van der Waals surface area contributed by atoms with Gasteiger partial charge in [-0.1, -0.05) is 11.6 Å². The van der Waals surface area contributed by atoms with E-state index in [4.69, 9.17) is 11.6 Å². The number of hydrogen-bond acceptors (Lipinski definition) is 4. The van der Waals surface area contributed by atoms with Gasteiger partial charge in [-0.2, -0.15) is 0 Å². The summed E-state index contributed by atoms with van der Waals surface area (Å²) in [6, 6.07) is 14.1. The lowest BCUT2D eigenvalue weighted by atomic mass is 10.1. The van der Waals surface area contributed by atoms with Gasteiger partial charge in [0.1, 0.15) is 5.01 Å². The lowest BCUT2D eigenvalue weighted by Gasteiger charge is -2.06. The molecule has 3 aromatic rings. The molecule has 0 bridgehead atoms. The van der Waals surface area contributed by atoms with Crippen molar-refractivity contribution in [1.82, 2.24) is 4.98 Å². The highest BCUT2D eigenvalue weighted by atomic mass is 35.5. The number of carbonyl (C=O) groups excluding carboxylic acids is 2. The molecule has 3 rings (SSSR count). The first-order chi connectivity index (χ1) is 12.1. The summed E-state index contributed by atoms with van der Waals surface area (Å²) in [5.74, 6) is -0.268. The molecule has 0 saturated carbocycles. The molecule has 0 fully saturated rings. The minimum Gasteiger partial charge on any atom is -0.326 e. The first-order valence-corrected chi connectivity index (χ1v) is 8.96. The molecule has 126 valence electrons. The zero-order valence-electron chi connectivity index (χ0n) is 13.2. The van der Waals surface area contributed by atoms with E-state index in [1.54, 1.807) is 41.8 Å². The molecule has 4 nitrogen and oxygen atoms in total. The van der Waals surface area contributed by atoms with Crippen LogP contribution < -0.4 is 5.32 Å². The van der Waals surface area contributed by atoms with Gasteiger partial charge >= 0.3 is 0 Å². The van der Waals surface area contributed by atoms with E-state index >= 15 is 0 Å². The Kier molecular flexibility index (Phi) is 5.58. The summed E-state index contributed by atoms with van der Waals surface area (Å²) in [7, 11) is 0. The van der Waals surface area contributed by atoms with Crippen LogP contribution in [0.1, 0.15) is 23.2 Å². The zero-order chi connectivity index (χ0) is 17.6. The van der Waals surface area contributed by atoms with Crippen LogP contribution in [0, 0.1) is 0 Å². The zero-order valence-corrected chi connectivity index (χ0v) is 14.8. The van der Waals surface area contributed by atoms with Crippen LogP contribution in [0.3, 0.4) is 0 Å². The van der Waals surface area contributed by atoms with E-state index in [1.807, 2.05) is 29.6 Å². The van der Waals surface area contributed by atoms with Crippen molar-refractivity contribution < 1.29 is 9.59 Å². The van der Waals surface area contributed by atoms with Crippen LogP contribution in [0.4, 0.5) is 5.69 Å². The molecule has 0 aliphatic rings. The Morgan fingerprint density at radius 2 is 1.72 bits per heavy atom. The first kappa shape index (κ1) is 17.3. The quantitative estimate of drug-likeness (QED) is 0.616. The number of aromatic nitrogens is 1. The van der Waals surface area contributed by atoms with Gasteiger partial charge in [-0.3, -0.25) is 9.59 Å². The lowest BCUT2D eigenvalue weighted by Crippen LogP contribution is -2.13.